The van der Waals surface area contributed by atoms with Gasteiger partial charge in [0, 0.05) is 28.7 Å². The smallest absolute Gasteiger partial charge is 0.282 e. The number of aromatic nitrogens is 1. The summed E-state index contributed by atoms with van der Waals surface area (Å²) in [6.07, 6.45) is 1.71. The predicted molar refractivity (Wildman–Crippen MR) is 105 cm³/mol. The highest BCUT2D eigenvalue weighted by molar-refractivity contribution is 6.31. The molecule has 2 aromatic carbocycles. The summed E-state index contributed by atoms with van der Waals surface area (Å²) < 4.78 is 5.54. The van der Waals surface area contributed by atoms with E-state index < -0.39 is 10.8 Å². The van der Waals surface area contributed by atoms with Crippen LogP contribution >= 0.6 is 11.6 Å². The summed E-state index contributed by atoms with van der Waals surface area (Å²) in [6.45, 7) is 0.149. The molecule has 0 fully saturated rings. The van der Waals surface area contributed by atoms with Gasteiger partial charge in [-0.05, 0) is 30.3 Å². The third kappa shape index (κ3) is 4.75. The van der Waals surface area contributed by atoms with Gasteiger partial charge < -0.3 is 10.1 Å². The molecule has 1 heterocycles. The molecule has 0 aliphatic heterocycles. The zero-order valence-electron chi connectivity index (χ0n) is 14.5. The second-order valence-electron chi connectivity index (χ2n) is 5.60. The molecule has 0 unspecified atom stereocenters. The Kier molecular flexibility index (Phi) is 6.04. The minimum atomic E-state index is -0.636. The van der Waals surface area contributed by atoms with E-state index in [1.807, 2.05) is 30.3 Å². The normalized spacial score (nSPS) is 10.0. The molecule has 0 saturated carbocycles. The highest BCUT2D eigenvalue weighted by atomic mass is 35.5. The van der Waals surface area contributed by atoms with Gasteiger partial charge in [-0.15, -0.1) is 0 Å². The molecule has 28 heavy (non-hydrogen) atoms. The number of ether oxygens (including phenoxy) is 1. The number of pyridine rings is 1. The molecule has 3 aromatic rings. The third-order valence-corrected chi connectivity index (χ3v) is 3.99. The van der Waals surface area contributed by atoms with Crippen molar-refractivity contribution in [3.8, 4) is 17.6 Å². The summed E-state index contributed by atoms with van der Waals surface area (Å²) in [5.41, 5.74) is 0.394. The molecule has 0 bridgehead atoms. The van der Waals surface area contributed by atoms with Crippen molar-refractivity contribution < 1.29 is 14.5 Å². The number of fused-ring (bicyclic) bond motifs is 1. The average molecular weight is 396 g/mol. The first-order chi connectivity index (χ1) is 13.5. The Morgan fingerprint density at radius 2 is 2.07 bits per heavy atom. The van der Waals surface area contributed by atoms with E-state index >= 15 is 0 Å². The lowest BCUT2D eigenvalue weighted by Gasteiger charge is -2.04. The molecular weight excluding hydrogens is 382 g/mol. The Morgan fingerprint density at radius 1 is 1.21 bits per heavy atom. The molecule has 0 aliphatic rings. The molecule has 0 saturated heterocycles. The van der Waals surface area contributed by atoms with E-state index in [0.717, 1.165) is 10.9 Å². The first-order valence-corrected chi connectivity index (χ1v) is 8.58. The second-order valence-corrected chi connectivity index (χ2v) is 6.04. The Labute approximate surface area is 165 Å². The quantitative estimate of drug-likeness (QED) is 0.404. The van der Waals surface area contributed by atoms with Crippen LogP contribution in [0.25, 0.3) is 10.9 Å². The van der Waals surface area contributed by atoms with Crippen LogP contribution in [0.15, 0.2) is 54.7 Å². The molecular formula is C20H14ClN3O4. The number of halogens is 1. The summed E-state index contributed by atoms with van der Waals surface area (Å²) in [4.78, 5) is 26.7. The zero-order valence-corrected chi connectivity index (χ0v) is 15.3. The number of hydrogen-bond donors (Lipinski definition) is 1. The highest BCUT2D eigenvalue weighted by Gasteiger charge is 2.19. The number of hydrogen-bond acceptors (Lipinski definition) is 5. The fraction of sp³-hybridized carbons (Fsp3) is 0.100. The van der Waals surface area contributed by atoms with E-state index in [1.54, 1.807) is 6.20 Å². The van der Waals surface area contributed by atoms with Gasteiger partial charge >= 0.3 is 0 Å². The van der Waals surface area contributed by atoms with Gasteiger partial charge in [-0.25, -0.2) is 0 Å². The van der Waals surface area contributed by atoms with E-state index in [-0.39, 0.29) is 29.4 Å². The van der Waals surface area contributed by atoms with Crippen LogP contribution in [0.1, 0.15) is 10.4 Å². The van der Waals surface area contributed by atoms with Gasteiger partial charge in [0.05, 0.1) is 17.0 Å². The van der Waals surface area contributed by atoms with Crippen molar-refractivity contribution in [1.29, 1.82) is 0 Å². The van der Waals surface area contributed by atoms with E-state index in [4.69, 9.17) is 16.3 Å². The highest BCUT2D eigenvalue weighted by Crippen LogP contribution is 2.22. The van der Waals surface area contributed by atoms with Crippen LogP contribution < -0.4 is 10.1 Å². The number of benzene rings is 2. The van der Waals surface area contributed by atoms with E-state index in [9.17, 15) is 14.9 Å². The van der Waals surface area contributed by atoms with E-state index in [2.05, 4.69) is 22.1 Å². The van der Waals surface area contributed by atoms with Crippen LogP contribution in [0.4, 0.5) is 5.69 Å². The van der Waals surface area contributed by atoms with Crippen molar-refractivity contribution in [3.63, 3.8) is 0 Å². The van der Waals surface area contributed by atoms with Crippen molar-refractivity contribution >= 4 is 34.1 Å². The van der Waals surface area contributed by atoms with Crippen molar-refractivity contribution in [3.05, 3.63) is 75.4 Å². The first kappa shape index (κ1) is 19.1. The topological polar surface area (TPSA) is 94.4 Å². The number of rotatable bonds is 5. The minimum absolute atomic E-state index is 0.0190. The number of nitrogens with zero attached hydrogens (tertiary/aromatic N) is 2. The van der Waals surface area contributed by atoms with E-state index in [1.165, 1.54) is 18.2 Å². The van der Waals surface area contributed by atoms with Gasteiger partial charge in [0.25, 0.3) is 11.6 Å². The number of nitro groups is 1. The maximum absolute atomic E-state index is 12.1. The SMILES string of the molecule is O=C(NCC#CCOc1ccc2cccnc2c1)c1cc(Cl)ccc1[N+](=O)[O-]. The summed E-state index contributed by atoms with van der Waals surface area (Å²) in [5, 5.41) is 14.8. The van der Waals surface area contributed by atoms with Gasteiger partial charge in [0.15, 0.2) is 0 Å². The maximum Gasteiger partial charge on any atom is 0.282 e. The summed E-state index contributed by atoms with van der Waals surface area (Å²) >= 11 is 5.81. The molecule has 3 rings (SSSR count). The van der Waals surface area contributed by atoms with Crippen LogP contribution in [0.5, 0.6) is 5.75 Å². The van der Waals surface area contributed by atoms with Crippen LogP contribution in [0, 0.1) is 22.0 Å². The largest absolute Gasteiger partial charge is 0.481 e. The number of amides is 1. The molecule has 1 aromatic heterocycles. The average Bonchev–Trinajstić information content (AvgIpc) is 2.70. The molecule has 1 N–H and O–H groups in total. The van der Waals surface area contributed by atoms with Crippen LogP contribution in [-0.2, 0) is 0 Å². The zero-order chi connectivity index (χ0) is 19.9. The van der Waals surface area contributed by atoms with Crippen molar-refractivity contribution in [2.45, 2.75) is 0 Å². The third-order valence-electron chi connectivity index (χ3n) is 3.75. The lowest BCUT2D eigenvalue weighted by Crippen LogP contribution is -2.24. The Morgan fingerprint density at radius 3 is 2.89 bits per heavy atom. The molecule has 8 heteroatoms. The van der Waals surface area contributed by atoms with Gasteiger partial charge in [-0.3, -0.25) is 19.9 Å². The van der Waals surface area contributed by atoms with Crippen molar-refractivity contribution in [2.24, 2.45) is 0 Å². The Bertz CT molecular complexity index is 1110. The number of carbonyl (C=O) groups excluding carboxylic acids is 1. The van der Waals surface area contributed by atoms with Gasteiger partial charge in [0.2, 0.25) is 0 Å². The number of nitrogens with one attached hydrogen (secondary N) is 1. The maximum atomic E-state index is 12.1. The fourth-order valence-electron chi connectivity index (χ4n) is 2.44. The van der Waals surface area contributed by atoms with Crippen LogP contribution in [0.2, 0.25) is 5.02 Å². The molecule has 140 valence electrons. The van der Waals surface area contributed by atoms with Crippen molar-refractivity contribution in [1.82, 2.24) is 10.3 Å². The standard InChI is InChI=1S/C20H14ClN3O4/c21-15-6-8-19(24(26)27)17(12-15)20(25)23-9-1-2-11-28-16-7-5-14-4-3-10-22-18(14)13-16/h3-8,10,12-13H,9,11H2,(H,23,25). The molecule has 0 aliphatic carbocycles. The Hall–Kier alpha value is -3.63. The second kappa shape index (κ2) is 8.84. The lowest BCUT2D eigenvalue weighted by molar-refractivity contribution is -0.385. The molecule has 7 nitrogen and oxygen atoms in total. The minimum Gasteiger partial charge on any atom is -0.481 e. The molecule has 0 atom stereocenters. The van der Waals surface area contributed by atoms with Gasteiger partial charge in [0.1, 0.15) is 17.9 Å². The fourth-order valence-corrected chi connectivity index (χ4v) is 2.61. The predicted octanol–water partition coefficient (Wildman–Crippen LogP) is 3.61. The first-order valence-electron chi connectivity index (χ1n) is 8.20. The summed E-state index contributed by atoms with van der Waals surface area (Å²) in [5.74, 6) is 5.52. The molecule has 1 amide bonds. The number of nitro benzene ring substituents is 1. The lowest BCUT2D eigenvalue weighted by atomic mass is 10.1. The van der Waals surface area contributed by atoms with Crippen LogP contribution in [0.3, 0.4) is 0 Å². The van der Waals surface area contributed by atoms with Crippen molar-refractivity contribution in [2.75, 3.05) is 13.2 Å². The number of carbonyl (C=O) groups is 1. The monoisotopic (exact) mass is 395 g/mol. The van der Waals surface area contributed by atoms with E-state index in [0.29, 0.717) is 5.75 Å². The van der Waals surface area contributed by atoms with Gasteiger partial charge in [-0.2, -0.15) is 0 Å². The molecule has 0 radical (unpaired) electrons. The molecule has 0 spiro atoms. The van der Waals surface area contributed by atoms with Crippen LogP contribution in [-0.4, -0.2) is 29.0 Å². The summed E-state index contributed by atoms with van der Waals surface area (Å²) in [7, 11) is 0. The van der Waals surface area contributed by atoms with Gasteiger partial charge in [-0.1, -0.05) is 29.5 Å². The Balaban J connectivity index is 1.53. The summed E-state index contributed by atoms with van der Waals surface area (Å²) in [6, 6.07) is 13.2.